The molecule has 3 rings (SSSR count). The summed E-state index contributed by atoms with van der Waals surface area (Å²) < 4.78 is 0. The van der Waals surface area contributed by atoms with Crippen LogP contribution in [0.2, 0.25) is 0 Å². The maximum atomic E-state index is 12.0. The molecule has 1 aliphatic carbocycles. The van der Waals surface area contributed by atoms with Gasteiger partial charge in [0.2, 0.25) is 0 Å². The van der Waals surface area contributed by atoms with Crippen LogP contribution < -0.4 is 10.6 Å². The first-order chi connectivity index (χ1) is 9.33. The van der Waals surface area contributed by atoms with Crippen LogP contribution in [0.25, 0.3) is 11.0 Å². The van der Waals surface area contributed by atoms with Gasteiger partial charge in [0, 0.05) is 18.2 Å². The van der Waals surface area contributed by atoms with Gasteiger partial charge in [-0.25, -0.2) is 4.98 Å². The molecule has 0 atom stereocenters. The third kappa shape index (κ3) is 3.12. The summed E-state index contributed by atoms with van der Waals surface area (Å²) in [6.45, 7) is 1.68. The summed E-state index contributed by atoms with van der Waals surface area (Å²) in [5.41, 5.74) is 2.44. The second kappa shape index (κ2) is 5.40. The zero-order valence-corrected chi connectivity index (χ0v) is 10.8. The van der Waals surface area contributed by atoms with E-state index in [4.69, 9.17) is 0 Å². The molecule has 1 amide bonds. The van der Waals surface area contributed by atoms with Gasteiger partial charge in [0.05, 0.1) is 17.4 Å². The first kappa shape index (κ1) is 12.2. The van der Waals surface area contributed by atoms with E-state index >= 15 is 0 Å². The predicted molar refractivity (Wildman–Crippen MR) is 74.1 cm³/mol. The van der Waals surface area contributed by atoms with E-state index in [0.29, 0.717) is 12.1 Å². The molecule has 0 unspecified atom stereocenters. The van der Waals surface area contributed by atoms with Gasteiger partial charge in [0.25, 0.3) is 5.91 Å². The van der Waals surface area contributed by atoms with Gasteiger partial charge in [0.1, 0.15) is 0 Å². The summed E-state index contributed by atoms with van der Waals surface area (Å²) in [4.78, 5) is 19.1. The van der Waals surface area contributed by atoms with Crippen molar-refractivity contribution in [3.8, 4) is 0 Å². The molecule has 19 heavy (non-hydrogen) atoms. The molecule has 0 spiro atoms. The number of aromatic amines is 1. The van der Waals surface area contributed by atoms with Gasteiger partial charge in [-0.1, -0.05) is 0 Å². The normalized spacial score (nSPS) is 14.7. The standard InChI is InChI=1S/C14H18N4O/c19-14(16-7-1-6-15-11-3-4-11)10-2-5-12-13(8-10)18-9-17-12/h2,5,8-9,11,15H,1,3-4,6-7H2,(H,16,19)(H,17,18). The van der Waals surface area contributed by atoms with Crippen molar-refractivity contribution in [2.24, 2.45) is 0 Å². The highest BCUT2D eigenvalue weighted by Crippen LogP contribution is 2.18. The SMILES string of the molecule is O=C(NCCCNC1CC1)c1ccc2nc[nH]c2c1. The molecular weight excluding hydrogens is 240 g/mol. The van der Waals surface area contributed by atoms with Crippen molar-refractivity contribution >= 4 is 16.9 Å². The molecular formula is C14H18N4O. The Hall–Kier alpha value is -1.88. The van der Waals surface area contributed by atoms with Crippen LogP contribution in [0.4, 0.5) is 0 Å². The molecule has 0 radical (unpaired) electrons. The Bertz CT molecular complexity index is 574. The molecule has 3 N–H and O–H groups in total. The summed E-state index contributed by atoms with van der Waals surface area (Å²) in [7, 11) is 0. The van der Waals surface area contributed by atoms with Gasteiger partial charge in [-0.3, -0.25) is 4.79 Å². The fraction of sp³-hybridized carbons (Fsp3) is 0.429. The van der Waals surface area contributed by atoms with E-state index in [9.17, 15) is 4.79 Å². The molecule has 1 aromatic heterocycles. The number of carbonyl (C=O) groups excluding carboxylic acids is 1. The third-order valence-corrected chi connectivity index (χ3v) is 3.33. The molecule has 1 aliphatic rings. The molecule has 100 valence electrons. The van der Waals surface area contributed by atoms with Gasteiger partial charge in [-0.2, -0.15) is 0 Å². The lowest BCUT2D eigenvalue weighted by molar-refractivity contribution is 0.0953. The zero-order chi connectivity index (χ0) is 13.1. The topological polar surface area (TPSA) is 69.8 Å². The van der Waals surface area contributed by atoms with Gasteiger partial charge in [0.15, 0.2) is 0 Å². The number of imidazole rings is 1. The van der Waals surface area contributed by atoms with E-state index in [1.54, 1.807) is 12.4 Å². The number of nitrogens with one attached hydrogen (secondary N) is 3. The van der Waals surface area contributed by atoms with E-state index in [-0.39, 0.29) is 5.91 Å². The lowest BCUT2D eigenvalue weighted by atomic mass is 10.2. The highest BCUT2D eigenvalue weighted by Gasteiger charge is 2.19. The Labute approximate surface area is 111 Å². The quantitative estimate of drug-likeness (QED) is 0.687. The molecule has 1 heterocycles. The van der Waals surface area contributed by atoms with E-state index in [2.05, 4.69) is 20.6 Å². The summed E-state index contributed by atoms with van der Waals surface area (Å²) in [6, 6.07) is 6.23. The van der Waals surface area contributed by atoms with Crippen molar-refractivity contribution in [3.63, 3.8) is 0 Å². The highest BCUT2D eigenvalue weighted by atomic mass is 16.1. The van der Waals surface area contributed by atoms with Crippen LogP contribution in [0.15, 0.2) is 24.5 Å². The molecule has 2 aromatic rings. The van der Waals surface area contributed by atoms with E-state index in [0.717, 1.165) is 30.0 Å². The zero-order valence-electron chi connectivity index (χ0n) is 10.8. The average molecular weight is 258 g/mol. The first-order valence-corrected chi connectivity index (χ1v) is 6.77. The van der Waals surface area contributed by atoms with Crippen molar-refractivity contribution in [2.45, 2.75) is 25.3 Å². The van der Waals surface area contributed by atoms with E-state index < -0.39 is 0 Å². The second-order valence-corrected chi connectivity index (χ2v) is 4.97. The van der Waals surface area contributed by atoms with Gasteiger partial charge in [-0.05, 0) is 44.0 Å². The number of amides is 1. The first-order valence-electron chi connectivity index (χ1n) is 6.77. The number of nitrogens with zero attached hydrogens (tertiary/aromatic N) is 1. The van der Waals surface area contributed by atoms with E-state index in [1.165, 1.54) is 12.8 Å². The number of hydrogen-bond acceptors (Lipinski definition) is 3. The molecule has 1 saturated carbocycles. The van der Waals surface area contributed by atoms with Crippen LogP contribution >= 0.6 is 0 Å². The smallest absolute Gasteiger partial charge is 0.251 e. The number of H-pyrrole nitrogens is 1. The predicted octanol–water partition coefficient (Wildman–Crippen LogP) is 1.43. The summed E-state index contributed by atoms with van der Waals surface area (Å²) >= 11 is 0. The Balaban J connectivity index is 1.48. The Morgan fingerprint density at radius 2 is 2.26 bits per heavy atom. The fourth-order valence-electron chi connectivity index (χ4n) is 2.06. The van der Waals surface area contributed by atoms with Crippen LogP contribution in [0.5, 0.6) is 0 Å². The van der Waals surface area contributed by atoms with E-state index in [1.807, 2.05) is 12.1 Å². The minimum absolute atomic E-state index is 0.0251. The van der Waals surface area contributed by atoms with Gasteiger partial charge in [-0.15, -0.1) is 0 Å². The minimum atomic E-state index is -0.0251. The lowest BCUT2D eigenvalue weighted by Gasteiger charge is -2.06. The molecule has 5 heteroatoms. The molecule has 0 bridgehead atoms. The van der Waals surface area contributed by atoms with Crippen LogP contribution in [0.1, 0.15) is 29.6 Å². The van der Waals surface area contributed by atoms with Crippen molar-refractivity contribution in [1.29, 1.82) is 0 Å². The fourth-order valence-corrected chi connectivity index (χ4v) is 2.06. The van der Waals surface area contributed by atoms with Crippen molar-refractivity contribution in [2.75, 3.05) is 13.1 Å². The van der Waals surface area contributed by atoms with Crippen molar-refractivity contribution in [1.82, 2.24) is 20.6 Å². The molecule has 0 aliphatic heterocycles. The average Bonchev–Trinajstić information content (AvgIpc) is 3.13. The molecule has 5 nitrogen and oxygen atoms in total. The maximum Gasteiger partial charge on any atom is 0.251 e. The number of carbonyl (C=O) groups is 1. The van der Waals surface area contributed by atoms with Crippen molar-refractivity contribution in [3.05, 3.63) is 30.1 Å². The minimum Gasteiger partial charge on any atom is -0.352 e. The summed E-state index contributed by atoms with van der Waals surface area (Å²) in [6.07, 6.45) is 5.21. The van der Waals surface area contributed by atoms with Crippen LogP contribution in [-0.4, -0.2) is 35.0 Å². The van der Waals surface area contributed by atoms with Gasteiger partial charge < -0.3 is 15.6 Å². The van der Waals surface area contributed by atoms with Gasteiger partial charge >= 0.3 is 0 Å². The Morgan fingerprint density at radius 1 is 1.37 bits per heavy atom. The summed E-state index contributed by atoms with van der Waals surface area (Å²) in [5, 5.41) is 6.36. The molecule has 1 aromatic carbocycles. The largest absolute Gasteiger partial charge is 0.352 e. The Morgan fingerprint density at radius 3 is 3.11 bits per heavy atom. The highest BCUT2D eigenvalue weighted by molar-refractivity contribution is 5.97. The van der Waals surface area contributed by atoms with Crippen molar-refractivity contribution < 1.29 is 4.79 Å². The molecule has 0 saturated heterocycles. The number of aromatic nitrogens is 2. The maximum absolute atomic E-state index is 12.0. The second-order valence-electron chi connectivity index (χ2n) is 4.97. The van der Waals surface area contributed by atoms with Crippen LogP contribution in [0, 0.1) is 0 Å². The number of hydrogen-bond donors (Lipinski definition) is 3. The molecule has 1 fully saturated rings. The van der Waals surface area contributed by atoms with Crippen LogP contribution in [0.3, 0.4) is 0 Å². The lowest BCUT2D eigenvalue weighted by Crippen LogP contribution is -2.27. The monoisotopic (exact) mass is 258 g/mol. The number of fused-ring (bicyclic) bond motifs is 1. The number of benzene rings is 1. The van der Waals surface area contributed by atoms with Crippen LogP contribution in [-0.2, 0) is 0 Å². The third-order valence-electron chi connectivity index (χ3n) is 3.33. The summed E-state index contributed by atoms with van der Waals surface area (Å²) in [5.74, 6) is -0.0251. The Kier molecular flexibility index (Phi) is 3.46. The number of rotatable bonds is 6.